The van der Waals surface area contributed by atoms with E-state index in [0.29, 0.717) is 28.1 Å². The molecule has 0 saturated carbocycles. The highest BCUT2D eigenvalue weighted by atomic mass is 32.2. The van der Waals surface area contributed by atoms with E-state index < -0.39 is 21.3 Å². The Hall–Kier alpha value is -4.28. The van der Waals surface area contributed by atoms with Crippen molar-refractivity contribution in [2.45, 2.75) is 23.2 Å². The summed E-state index contributed by atoms with van der Waals surface area (Å²) in [5.74, 6) is 0.705. The lowest BCUT2D eigenvalue weighted by atomic mass is 9.70. The minimum atomic E-state index is -4.15. The van der Waals surface area contributed by atoms with Crippen LogP contribution in [-0.4, -0.2) is 37.3 Å². The molecule has 204 valence electrons. The number of carbonyl (C=O) groups excluding carboxylic acids is 1. The Morgan fingerprint density at radius 1 is 0.775 bits per heavy atom. The lowest BCUT2D eigenvalue weighted by molar-refractivity contribution is -0.125. The van der Waals surface area contributed by atoms with Gasteiger partial charge in [0.25, 0.3) is 10.0 Å². The van der Waals surface area contributed by atoms with Gasteiger partial charge in [-0.2, -0.15) is 8.75 Å². The van der Waals surface area contributed by atoms with Crippen LogP contribution >= 0.6 is 11.7 Å². The van der Waals surface area contributed by atoms with Crippen molar-refractivity contribution in [3.05, 3.63) is 114 Å². The van der Waals surface area contributed by atoms with Crippen molar-refractivity contribution in [2.24, 2.45) is 0 Å². The van der Waals surface area contributed by atoms with Gasteiger partial charge >= 0.3 is 0 Å². The van der Waals surface area contributed by atoms with Crippen LogP contribution < -0.4 is 14.2 Å². The third kappa shape index (κ3) is 5.68. The minimum Gasteiger partial charge on any atom is -0.497 e. The van der Waals surface area contributed by atoms with Gasteiger partial charge in [0.05, 0.1) is 36.3 Å². The van der Waals surface area contributed by atoms with Crippen LogP contribution in [0, 0.1) is 0 Å². The molecule has 0 atom stereocenters. The Balaban J connectivity index is 1.67. The van der Waals surface area contributed by atoms with E-state index in [2.05, 4.69) is 13.5 Å². The molecule has 0 aliphatic rings. The van der Waals surface area contributed by atoms with E-state index >= 15 is 0 Å². The highest BCUT2D eigenvalue weighted by Crippen LogP contribution is 2.36. The molecule has 8 nitrogen and oxygen atoms in total. The van der Waals surface area contributed by atoms with Gasteiger partial charge in [-0.25, -0.2) is 13.1 Å². The van der Waals surface area contributed by atoms with Crippen molar-refractivity contribution < 1.29 is 22.7 Å². The van der Waals surface area contributed by atoms with Crippen LogP contribution in [-0.2, 0) is 33.1 Å². The first-order valence-corrected chi connectivity index (χ1v) is 14.7. The molecule has 0 radical (unpaired) electrons. The predicted octanol–water partition coefficient (Wildman–Crippen LogP) is 4.94. The molecule has 0 bridgehead atoms. The fraction of sp³-hybridized carbons (Fsp3) is 0.167. The quantitative estimate of drug-likeness (QED) is 0.252. The Kier molecular flexibility index (Phi) is 7.81. The Morgan fingerprint density at radius 3 is 1.88 bits per heavy atom. The molecule has 0 aliphatic heterocycles. The number of sulfonamides is 1. The van der Waals surface area contributed by atoms with E-state index in [1.807, 2.05) is 66.7 Å². The molecule has 4 aromatic carbocycles. The van der Waals surface area contributed by atoms with Crippen LogP contribution in [0.3, 0.4) is 0 Å². The smallest absolute Gasteiger partial charge is 0.264 e. The van der Waals surface area contributed by atoms with Crippen LogP contribution in [0.4, 0.5) is 0 Å². The Labute approximate surface area is 237 Å². The van der Waals surface area contributed by atoms with Crippen molar-refractivity contribution in [2.75, 3.05) is 14.2 Å². The zero-order valence-electron chi connectivity index (χ0n) is 21.9. The average Bonchev–Trinajstić information content (AvgIpc) is 3.46. The van der Waals surface area contributed by atoms with Gasteiger partial charge in [-0.1, -0.05) is 48.5 Å². The topological polar surface area (TPSA) is 107 Å². The van der Waals surface area contributed by atoms with Gasteiger partial charge < -0.3 is 9.47 Å². The third-order valence-corrected chi connectivity index (χ3v) is 8.76. The number of ether oxygens (including phenoxy) is 2. The number of amides is 1. The monoisotopic (exact) mass is 573 g/mol. The average molecular weight is 574 g/mol. The molecule has 1 N–H and O–H groups in total. The molecule has 0 saturated heterocycles. The summed E-state index contributed by atoms with van der Waals surface area (Å²) in [6.45, 7) is 0. The molecular formula is C30H27N3O5S2. The second-order valence-corrected chi connectivity index (χ2v) is 11.6. The summed E-state index contributed by atoms with van der Waals surface area (Å²) in [5, 5.41) is 0. The lowest BCUT2D eigenvalue weighted by Gasteiger charge is -2.33. The van der Waals surface area contributed by atoms with E-state index in [0.717, 1.165) is 22.9 Å². The summed E-state index contributed by atoms with van der Waals surface area (Å²) >= 11 is 1.08. The maximum atomic E-state index is 14.4. The summed E-state index contributed by atoms with van der Waals surface area (Å²) in [4.78, 5) is 14.4. The van der Waals surface area contributed by atoms with Gasteiger partial charge in [0.2, 0.25) is 5.91 Å². The molecule has 0 unspecified atom stereocenters. The molecule has 5 rings (SSSR count). The van der Waals surface area contributed by atoms with E-state index in [4.69, 9.17) is 9.47 Å². The number of nitrogens with zero attached hydrogens (tertiary/aromatic N) is 2. The molecule has 10 heteroatoms. The summed E-state index contributed by atoms with van der Waals surface area (Å²) in [7, 11) is -0.983. The standard InChI is InChI=1S/C30H27N3O5S2/c1-37-24-13-8-21(9-14-24)19-30(20-22-10-15-25(38-2)16-11-22,23-12-17-27-28(18-23)32-39-31-27)29(34)33-40(35,36)26-6-4-3-5-7-26/h3-18H,19-20H2,1-2H3,(H,33,34). The number of rotatable bonds is 10. The zero-order valence-corrected chi connectivity index (χ0v) is 23.5. The summed E-state index contributed by atoms with van der Waals surface area (Å²) in [6.07, 6.45) is 0.421. The molecular weight excluding hydrogens is 546 g/mol. The summed E-state index contributed by atoms with van der Waals surface area (Å²) < 4.78 is 48.5. The summed E-state index contributed by atoms with van der Waals surface area (Å²) in [5.41, 5.74) is 2.29. The molecule has 1 amide bonds. The van der Waals surface area contributed by atoms with Crippen LogP contribution in [0.15, 0.2) is 102 Å². The van der Waals surface area contributed by atoms with Crippen LogP contribution in [0.5, 0.6) is 11.5 Å². The van der Waals surface area contributed by atoms with Crippen molar-refractivity contribution >= 4 is 38.7 Å². The maximum absolute atomic E-state index is 14.4. The number of methoxy groups -OCH3 is 2. The fourth-order valence-electron chi connectivity index (χ4n) is 4.70. The zero-order chi connectivity index (χ0) is 28.2. The minimum absolute atomic E-state index is 0.00491. The van der Waals surface area contributed by atoms with Crippen molar-refractivity contribution in [3.8, 4) is 11.5 Å². The largest absolute Gasteiger partial charge is 0.497 e. The third-order valence-electron chi connectivity index (χ3n) is 6.85. The first kappa shape index (κ1) is 27.3. The number of hydrogen-bond donors (Lipinski definition) is 1. The molecule has 1 aromatic heterocycles. The van der Waals surface area contributed by atoms with E-state index in [-0.39, 0.29) is 17.7 Å². The molecule has 0 fully saturated rings. The van der Waals surface area contributed by atoms with Gasteiger partial charge in [0.15, 0.2) is 0 Å². The first-order chi connectivity index (χ1) is 19.3. The van der Waals surface area contributed by atoms with E-state index in [1.54, 1.807) is 32.4 Å². The van der Waals surface area contributed by atoms with Gasteiger partial charge in [-0.3, -0.25) is 4.79 Å². The molecule has 0 spiro atoms. The fourth-order valence-corrected chi connectivity index (χ4v) is 6.29. The van der Waals surface area contributed by atoms with Crippen LogP contribution in [0.2, 0.25) is 0 Å². The van der Waals surface area contributed by atoms with E-state index in [9.17, 15) is 13.2 Å². The molecule has 5 aromatic rings. The maximum Gasteiger partial charge on any atom is 0.264 e. The number of aromatic nitrogens is 2. The first-order valence-electron chi connectivity index (χ1n) is 12.4. The van der Waals surface area contributed by atoms with Gasteiger partial charge in [-0.15, -0.1) is 0 Å². The predicted molar refractivity (Wildman–Crippen MR) is 154 cm³/mol. The lowest BCUT2D eigenvalue weighted by Crippen LogP contribution is -2.49. The van der Waals surface area contributed by atoms with Crippen molar-refractivity contribution in [3.63, 3.8) is 0 Å². The number of benzene rings is 4. The van der Waals surface area contributed by atoms with Crippen molar-refractivity contribution in [1.29, 1.82) is 0 Å². The molecule has 1 heterocycles. The van der Waals surface area contributed by atoms with Crippen LogP contribution in [0.25, 0.3) is 11.0 Å². The highest BCUT2D eigenvalue weighted by Gasteiger charge is 2.43. The number of fused-ring (bicyclic) bond motifs is 1. The summed E-state index contributed by atoms with van der Waals surface area (Å²) in [6, 6.07) is 28.1. The van der Waals surface area contributed by atoms with Crippen LogP contribution in [0.1, 0.15) is 16.7 Å². The second kappa shape index (κ2) is 11.4. The number of hydrogen-bond acceptors (Lipinski definition) is 8. The second-order valence-electron chi connectivity index (χ2n) is 9.35. The number of carbonyl (C=O) groups is 1. The van der Waals surface area contributed by atoms with Gasteiger partial charge in [-0.05, 0) is 78.1 Å². The Morgan fingerprint density at radius 2 is 1.32 bits per heavy atom. The van der Waals surface area contributed by atoms with E-state index in [1.165, 1.54) is 12.1 Å². The van der Waals surface area contributed by atoms with Gasteiger partial charge in [0, 0.05) is 0 Å². The van der Waals surface area contributed by atoms with Crippen molar-refractivity contribution in [1.82, 2.24) is 13.5 Å². The molecule has 0 aliphatic carbocycles. The van der Waals surface area contributed by atoms with Gasteiger partial charge in [0.1, 0.15) is 22.5 Å². The number of nitrogens with one attached hydrogen (secondary N) is 1. The normalized spacial score (nSPS) is 11.8. The highest BCUT2D eigenvalue weighted by molar-refractivity contribution is 7.90. The Bertz CT molecular complexity index is 1670. The molecule has 40 heavy (non-hydrogen) atoms. The SMILES string of the molecule is COc1ccc(CC(Cc2ccc(OC)cc2)(C(=O)NS(=O)(=O)c2ccccc2)c2ccc3nsnc3c2)cc1.